The topological polar surface area (TPSA) is 104 Å². The molecule has 0 spiro atoms. The van der Waals surface area contributed by atoms with Gasteiger partial charge in [-0.15, -0.1) is 5.06 Å². The molecule has 1 heterocycles. The van der Waals surface area contributed by atoms with Gasteiger partial charge in [0, 0.05) is 0 Å². The molecule has 1 aliphatic rings. The van der Waals surface area contributed by atoms with Crippen molar-refractivity contribution in [2.75, 3.05) is 6.61 Å². The van der Waals surface area contributed by atoms with Gasteiger partial charge in [-0.3, -0.25) is 14.8 Å². The normalized spacial score (nSPS) is 12.4. The number of imide groups is 1. The van der Waals surface area contributed by atoms with Gasteiger partial charge in [0.2, 0.25) is 0 Å². The van der Waals surface area contributed by atoms with Crippen LogP contribution in [-0.2, 0) is 4.74 Å². The first-order valence-corrected chi connectivity index (χ1v) is 5.12. The summed E-state index contributed by atoms with van der Waals surface area (Å²) >= 11 is 0. The minimum atomic E-state index is -1.26. The fraction of sp³-hybridized carbons (Fsp3) is 0.0833. The predicted molar refractivity (Wildman–Crippen MR) is 62.9 cm³/mol. The molecule has 2 amide bonds. The zero-order chi connectivity index (χ0) is 14.4. The minimum absolute atomic E-state index is 0.0648. The van der Waals surface area contributed by atoms with Crippen LogP contribution in [0.25, 0.3) is 0 Å². The number of hydrogen-bond donors (Lipinski definition) is 2. The van der Waals surface area contributed by atoms with Crippen LogP contribution in [-0.4, -0.2) is 40.0 Å². The number of fused-ring (bicyclic) bond motifs is 1. The minimum Gasteiger partial charge on any atom is -0.450 e. The molecule has 2 N–H and O–H groups in total. The molecule has 19 heavy (non-hydrogen) atoms. The number of benzene rings is 1. The number of ether oxygens (including phenoxy) is 1. The second kappa shape index (κ2) is 6.31. The molecule has 1 aromatic carbocycles. The van der Waals surface area contributed by atoms with E-state index < -0.39 is 18.0 Å². The maximum absolute atomic E-state index is 11.1. The lowest BCUT2D eigenvalue weighted by Gasteiger charge is -1.99. The van der Waals surface area contributed by atoms with Crippen molar-refractivity contribution in [1.82, 2.24) is 5.06 Å². The van der Waals surface area contributed by atoms with Crippen LogP contribution in [0.2, 0.25) is 0 Å². The summed E-state index contributed by atoms with van der Waals surface area (Å²) in [7, 11) is 0. The van der Waals surface area contributed by atoms with Crippen molar-refractivity contribution in [3.05, 3.63) is 48.0 Å². The van der Waals surface area contributed by atoms with Gasteiger partial charge in [-0.2, -0.15) is 0 Å². The van der Waals surface area contributed by atoms with E-state index in [1.54, 1.807) is 12.1 Å². The summed E-state index contributed by atoms with van der Waals surface area (Å²) in [6.45, 7) is 3.31. The average molecular weight is 265 g/mol. The van der Waals surface area contributed by atoms with Crippen molar-refractivity contribution in [1.29, 1.82) is 0 Å². The van der Waals surface area contributed by atoms with E-state index in [4.69, 9.17) is 10.3 Å². The van der Waals surface area contributed by atoms with Crippen LogP contribution in [0.5, 0.6) is 0 Å². The first-order chi connectivity index (χ1) is 8.99. The lowest BCUT2D eigenvalue weighted by molar-refractivity contribution is -0.0327. The highest BCUT2D eigenvalue weighted by atomic mass is 16.7. The highest BCUT2D eigenvalue weighted by Crippen LogP contribution is 2.19. The van der Waals surface area contributed by atoms with Gasteiger partial charge in [0.1, 0.15) is 6.61 Å². The lowest BCUT2D eigenvalue weighted by Crippen LogP contribution is -2.25. The van der Waals surface area contributed by atoms with E-state index in [1.165, 1.54) is 18.2 Å². The van der Waals surface area contributed by atoms with E-state index in [0.717, 1.165) is 0 Å². The number of hydrogen-bond acceptors (Lipinski definition) is 5. The molecule has 100 valence electrons. The SMILES string of the molecule is C=CCOC(=O)O.O=C1c2ccccc2C(=O)N1O. The molecule has 7 heteroatoms. The maximum atomic E-state index is 11.1. The Hall–Kier alpha value is -2.67. The third-order valence-electron chi connectivity index (χ3n) is 2.10. The first-order valence-electron chi connectivity index (χ1n) is 5.12. The molecule has 0 saturated heterocycles. The number of hydroxylamine groups is 2. The molecule has 7 nitrogen and oxygen atoms in total. The summed E-state index contributed by atoms with van der Waals surface area (Å²) in [6.07, 6.45) is 0.105. The molecule has 0 bridgehead atoms. The van der Waals surface area contributed by atoms with Gasteiger partial charge in [0.05, 0.1) is 11.1 Å². The van der Waals surface area contributed by atoms with Gasteiger partial charge in [0.15, 0.2) is 0 Å². The monoisotopic (exact) mass is 265 g/mol. The van der Waals surface area contributed by atoms with Crippen LogP contribution in [0.4, 0.5) is 4.79 Å². The van der Waals surface area contributed by atoms with Gasteiger partial charge in [-0.1, -0.05) is 24.8 Å². The molecule has 1 aromatic rings. The third-order valence-corrected chi connectivity index (χ3v) is 2.10. The smallest absolute Gasteiger partial charge is 0.450 e. The first kappa shape index (κ1) is 14.4. The van der Waals surface area contributed by atoms with Crippen LogP contribution in [0.3, 0.4) is 0 Å². The second-order valence-corrected chi connectivity index (χ2v) is 3.33. The zero-order valence-electron chi connectivity index (χ0n) is 9.78. The summed E-state index contributed by atoms with van der Waals surface area (Å²) in [6, 6.07) is 6.30. The summed E-state index contributed by atoms with van der Waals surface area (Å²) in [5, 5.41) is 16.8. The molecule has 0 aliphatic carbocycles. The third kappa shape index (κ3) is 3.39. The fourth-order valence-electron chi connectivity index (χ4n) is 1.31. The predicted octanol–water partition coefficient (Wildman–Crippen LogP) is 1.54. The molecule has 0 radical (unpaired) electrons. The quantitative estimate of drug-likeness (QED) is 0.364. The summed E-state index contributed by atoms with van der Waals surface area (Å²) in [5.41, 5.74) is 0.509. The van der Waals surface area contributed by atoms with Crippen LogP contribution in [0.15, 0.2) is 36.9 Å². The standard InChI is InChI=1S/C8H5NO3.C4H6O3/c10-7-5-3-1-2-4-6(5)8(11)9(7)12;1-2-3-7-4(5)6/h1-4,12H;2H,1,3H2,(H,5,6). The molecule has 0 aromatic heterocycles. The fourth-order valence-corrected chi connectivity index (χ4v) is 1.31. The molecular formula is C12H11NO6. The van der Waals surface area contributed by atoms with Crippen molar-refractivity contribution in [3.8, 4) is 0 Å². The number of carboxylic acid groups (broad SMARTS) is 1. The van der Waals surface area contributed by atoms with E-state index >= 15 is 0 Å². The van der Waals surface area contributed by atoms with Crippen molar-refractivity contribution < 1.29 is 29.4 Å². The van der Waals surface area contributed by atoms with Crippen molar-refractivity contribution in [3.63, 3.8) is 0 Å². The van der Waals surface area contributed by atoms with Gasteiger partial charge in [-0.25, -0.2) is 4.79 Å². The van der Waals surface area contributed by atoms with E-state index in [9.17, 15) is 14.4 Å². The number of carbonyl (C=O) groups excluding carboxylic acids is 2. The molecule has 0 saturated carbocycles. The van der Waals surface area contributed by atoms with Crippen LogP contribution in [0, 0.1) is 0 Å². The van der Waals surface area contributed by atoms with Crippen molar-refractivity contribution >= 4 is 18.0 Å². The second-order valence-electron chi connectivity index (χ2n) is 3.33. The Bertz CT molecular complexity index is 490. The Morgan fingerprint density at radius 3 is 2.05 bits per heavy atom. The lowest BCUT2D eigenvalue weighted by atomic mass is 10.1. The Morgan fingerprint density at radius 2 is 1.74 bits per heavy atom. The van der Waals surface area contributed by atoms with Crippen molar-refractivity contribution in [2.24, 2.45) is 0 Å². The van der Waals surface area contributed by atoms with E-state index in [0.29, 0.717) is 0 Å². The number of carbonyl (C=O) groups is 3. The number of rotatable bonds is 2. The highest BCUT2D eigenvalue weighted by Gasteiger charge is 2.33. The Morgan fingerprint density at radius 1 is 1.26 bits per heavy atom. The molecule has 0 atom stereocenters. The van der Waals surface area contributed by atoms with Crippen LogP contribution < -0.4 is 0 Å². The zero-order valence-corrected chi connectivity index (χ0v) is 9.78. The molecule has 0 unspecified atom stereocenters. The van der Waals surface area contributed by atoms with E-state index in [1.807, 2.05) is 0 Å². The largest absolute Gasteiger partial charge is 0.506 e. The van der Waals surface area contributed by atoms with Gasteiger partial charge in [-0.05, 0) is 12.1 Å². The Labute approximate surface area is 108 Å². The van der Waals surface area contributed by atoms with Crippen molar-refractivity contribution in [2.45, 2.75) is 0 Å². The summed E-state index contributed by atoms with van der Waals surface area (Å²) in [5.74, 6) is -1.31. The van der Waals surface area contributed by atoms with E-state index in [-0.39, 0.29) is 22.8 Å². The molecule has 0 fully saturated rings. The van der Waals surface area contributed by atoms with Crippen LogP contribution >= 0.6 is 0 Å². The van der Waals surface area contributed by atoms with E-state index in [2.05, 4.69) is 11.3 Å². The van der Waals surface area contributed by atoms with Crippen LogP contribution in [0.1, 0.15) is 20.7 Å². The Balaban J connectivity index is 0.000000224. The van der Waals surface area contributed by atoms with Gasteiger partial charge >= 0.3 is 6.16 Å². The van der Waals surface area contributed by atoms with Gasteiger partial charge in [0.25, 0.3) is 11.8 Å². The molecule has 2 rings (SSSR count). The number of amides is 2. The summed E-state index contributed by atoms with van der Waals surface area (Å²) < 4.78 is 3.99. The average Bonchev–Trinajstić information content (AvgIpc) is 2.63. The molecule has 1 aliphatic heterocycles. The Kier molecular flexibility index (Phi) is 4.78. The summed E-state index contributed by atoms with van der Waals surface area (Å²) in [4.78, 5) is 31.6. The maximum Gasteiger partial charge on any atom is 0.506 e. The van der Waals surface area contributed by atoms with Gasteiger partial charge < -0.3 is 9.84 Å². The molecular weight excluding hydrogens is 254 g/mol. The highest BCUT2D eigenvalue weighted by molar-refractivity contribution is 6.20. The number of nitrogens with zero attached hydrogens (tertiary/aromatic N) is 1.